The van der Waals surface area contributed by atoms with Crippen LogP contribution < -0.4 is 5.32 Å². The number of amides is 1. The number of rotatable bonds is 5. The van der Waals surface area contributed by atoms with Crippen molar-refractivity contribution in [3.05, 3.63) is 64.0 Å². The second-order valence-corrected chi connectivity index (χ2v) is 5.95. The maximum Gasteiger partial charge on any atom is 0.257 e. The molecule has 1 amide bonds. The fourth-order valence-corrected chi connectivity index (χ4v) is 2.98. The highest BCUT2D eigenvalue weighted by Gasteiger charge is 2.21. The molecule has 2 aromatic heterocycles. The number of carbonyl (C=O) groups excluding carboxylic acids is 1. The van der Waals surface area contributed by atoms with Crippen LogP contribution in [0, 0.1) is 6.92 Å². The Labute approximate surface area is 132 Å². The van der Waals surface area contributed by atoms with Gasteiger partial charge >= 0.3 is 0 Å². The van der Waals surface area contributed by atoms with Crippen LogP contribution in [0.4, 0.5) is 0 Å². The molecule has 0 bridgehead atoms. The first-order valence-electron chi connectivity index (χ1n) is 7.08. The molecular weight excluding hydrogens is 296 g/mol. The molecular formula is C17H16N2O2S. The van der Waals surface area contributed by atoms with Gasteiger partial charge in [0, 0.05) is 17.0 Å². The fraction of sp³-hybridized carbons (Fsp3) is 0.176. The average molecular weight is 312 g/mol. The minimum atomic E-state index is -0.144. The summed E-state index contributed by atoms with van der Waals surface area (Å²) in [6, 6.07) is 13.7. The summed E-state index contributed by atoms with van der Waals surface area (Å²) in [5, 5.41) is 9.01. The Kier molecular flexibility index (Phi) is 4.34. The van der Waals surface area contributed by atoms with Gasteiger partial charge in [-0.2, -0.15) is 0 Å². The van der Waals surface area contributed by atoms with Crippen molar-refractivity contribution >= 4 is 17.2 Å². The Morgan fingerprint density at radius 3 is 2.77 bits per heavy atom. The Morgan fingerprint density at radius 1 is 1.23 bits per heavy atom. The van der Waals surface area contributed by atoms with E-state index in [1.165, 1.54) is 4.88 Å². The van der Waals surface area contributed by atoms with Crippen molar-refractivity contribution in [1.82, 2.24) is 10.5 Å². The van der Waals surface area contributed by atoms with E-state index in [1.54, 1.807) is 18.3 Å². The summed E-state index contributed by atoms with van der Waals surface area (Å²) in [6.07, 6.45) is 0.828. The highest BCUT2D eigenvalue weighted by molar-refractivity contribution is 7.09. The van der Waals surface area contributed by atoms with Crippen molar-refractivity contribution in [3.63, 3.8) is 0 Å². The number of benzene rings is 1. The Morgan fingerprint density at radius 2 is 2.05 bits per heavy atom. The van der Waals surface area contributed by atoms with E-state index in [1.807, 2.05) is 41.8 Å². The van der Waals surface area contributed by atoms with Gasteiger partial charge in [-0.25, -0.2) is 0 Å². The Balaban J connectivity index is 1.73. The predicted octanol–water partition coefficient (Wildman–Crippen LogP) is 3.68. The highest BCUT2D eigenvalue weighted by Crippen LogP contribution is 2.24. The number of carbonyl (C=O) groups is 1. The number of nitrogens with zero attached hydrogens (tertiary/aromatic N) is 1. The summed E-state index contributed by atoms with van der Waals surface area (Å²) in [6.45, 7) is 2.35. The second kappa shape index (κ2) is 6.58. The van der Waals surface area contributed by atoms with Crippen LogP contribution in [0.25, 0.3) is 11.3 Å². The van der Waals surface area contributed by atoms with Gasteiger partial charge in [0.2, 0.25) is 0 Å². The van der Waals surface area contributed by atoms with Gasteiger partial charge in [0.05, 0.1) is 0 Å². The zero-order chi connectivity index (χ0) is 15.4. The molecule has 3 aromatic rings. The maximum atomic E-state index is 12.4. The van der Waals surface area contributed by atoms with Crippen LogP contribution in [0.3, 0.4) is 0 Å². The highest BCUT2D eigenvalue weighted by atomic mass is 32.1. The van der Waals surface area contributed by atoms with E-state index < -0.39 is 0 Å². The molecule has 3 rings (SSSR count). The fourth-order valence-electron chi connectivity index (χ4n) is 2.28. The zero-order valence-corrected chi connectivity index (χ0v) is 13.0. The van der Waals surface area contributed by atoms with E-state index in [2.05, 4.69) is 16.5 Å². The van der Waals surface area contributed by atoms with Crippen LogP contribution in [0.5, 0.6) is 0 Å². The molecule has 5 heteroatoms. The summed E-state index contributed by atoms with van der Waals surface area (Å²) in [5.74, 6) is 0.390. The van der Waals surface area contributed by atoms with Crippen molar-refractivity contribution in [2.75, 3.05) is 6.54 Å². The van der Waals surface area contributed by atoms with E-state index in [0.717, 1.165) is 12.0 Å². The van der Waals surface area contributed by atoms with Gasteiger partial charge in [0.25, 0.3) is 5.91 Å². The lowest BCUT2D eigenvalue weighted by atomic mass is 10.1. The molecule has 0 saturated carbocycles. The topological polar surface area (TPSA) is 55.1 Å². The number of hydrogen-bond acceptors (Lipinski definition) is 4. The second-order valence-electron chi connectivity index (χ2n) is 4.91. The van der Waals surface area contributed by atoms with E-state index in [4.69, 9.17) is 4.52 Å². The molecule has 0 unspecified atom stereocenters. The summed E-state index contributed by atoms with van der Waals surface area (Å²) in [5.41, 5.74) is 1.98. The van der Waals surface area contributed by atoms with Crippen LogP contribution in [0.15, 0.2) is 52.4 Å². The van der Waals surface area contributed by atoms with Crippen LogP contribution in [0.2, 0.25) is 0 Å². The molecule has 0 radical (unpaired) electrons. The molecule has 0 fully saturated rings. The molecule has 0 aliphatic rings. The third kappa shape index (κ3) is 3.09. The smallest absolute Gasteiger partial charge is 0.257 e. The van der Waals surface area contributed by atoms with Crippen LogP contribution in [-0.2, 0) is 6.42 Å². The number of thiophene rings is 1. The van der Waals surface area contributed by atoms with Crippen molar-refractivity contribution < 1.29 is 9.32 Å². The summed E-state index contributed by atoms with van der Waals surface area (Å²) in [7, 11) is 0. The molecule has 2 heterocycles. The third-order valence-electron chi connectivity index (χ3n) is 3.37. The molecule has 22 heavy (non-hydrogen) atoms. The van der Waals surface area contributed by atoms with Gasteiger partial charge in [0.1, 0.15) is 17.0 Å². The van der Waals surface area contributed by atoms with Gasteiger partial charge in [-0.3, -0.25) is 4.79 Å². The molecule has 0 aliphatic heterocycles. The van der Waals surface area contributed by atoms with Crippen molar-refractivity contribution in [2.45, 2.75) is 13.3 Å². The molecule has 4 nitrogen and oxygen atoms in total. The largest absolute Gasteiger partial charge is 0.360 e. The molecule has 0 spiro atoms. The normalized spacial score (nSPS) is 10.6. The minimum absolute atomic E-state index is 0.144. The van der Waals surface area contributed by atoms with Crippen LogP contribution in [-0.4, -0.2) is 17.6 Å². The predicted molar refractivity (Wildman–Crippen MR) is 87.0 cm³/mol. The third-order valence-corrected chi connectivity index (χ3v) is 4.31. The lowest BCUT2D eigenvalue weighted by molar-refractivity contribution is 0.0953. The summed E-state index contributed by atoms with van der Waals surface area (Å²) in [4.78, 5) is 13.7. The number of hydrogen-bond donors (Lipinski definition) is 1. The average Bonchev–Trinajstić information content (AvgIpc) is 3.17. The monoisotopic (exact) mass is 312 g/mol. The number of nitrogens with one attached hydrogen (secondary N) is 1. The lowest BCUT2D eigenvalue weighted by Gasteiger charge is -2.05. The van der Waals surface area contributed by atoms with E-state index in [9.17, 15) is 4.79 Å². The summed E-state index contributed by atoms with van der Waals surface area (Å²) < 4.78 is 5.21. The quantitative estimate of drug-likeness (QED) is 0.782. The van der Waals surface area contributed by atoms with Crippen molar-refractivity contribution in [2.24, 2.45) is 0 Å². The van der Waals surface area contributed by atoms with Gasteiger partial charge in [-0.1, -0.05) is 41.6 Å². The van der Waals surface area contributed by atoms with Gasteiger partial charge in [0.15, 0.2) is 0 Å². The van der Waals surface area contributed by atoms with Crippen LogP contribution in [0.1, 0.15) is 21.0 Å². The summed E-state index contributed by atoms with van der Waals surface area (Å²) >= 11 is 1.69. The van der Waals surface area contributed by atoms with Gasteiger partial charge < -0.3 is 9.84 Å². The molecule has 0 saturated heterocycles. The molecule has 1 aromatic carbocycles. The molecule has 0 aliphatic carbocycles. The first-order chi connectivity index (χ1) is 10.8. The standard InChI is InChI=1S/C17H16N2O2S/c1-12-15(16(19-21-12)13-6-3-2-4-7-13)17(20)18-10-9-14-8-5-11-22-14/h2-8,11H,9-10H2,1H3,(H,18,20). The number of aromatic nitrogens is 1. The molecule has 0 atom stereocenters. The SMILES string of the molecule is Cc1onc(-c2ccccc2)c1C(=O)NCCc1cccs1. The Hall–Kier alpha value is -2.40. The zero-order valence-electron chi connectivity index (χ0n) is 12.2. The van der Waals surface area contributed by atoms with Crippen molar-refractivity contribution in [3.8, 4) is 11.3 Å². The maximum absolute atomic E-state index is 12.4. The van der Waals surface area contributed by atoms with E-state index in [-0.39, 0.29) is 5.91 Å². The Bertz CT molecular complexity index is 748. The van der Waals surface area contributed by atoms with Crippen molar-refractivity contribution in [1.29, 1.82) is 0 Å². The molecule has 1 N–H and O–H groups in total. The minimum Gasteiger partial charge on any atom is -0.360 e. The van der Waals surface area contributed by atoms with E-state index >= 15 is 0 Å². The first kappa shape index (κ1) is 14.5. The molecule has 112 valence electrons. The van der Waals surface area contributed by atoms with Crippen LogP contribution >= 0.6 is 11.3 Å². The first-order valence-corrected chi connectivity index (χ1v) is 7.96. The van der Waals surface area contributed by atoms with Gasteiger partial charge in [-0.05, 0) is 24.8 Å². The van der Waals surface area contributed by atoms with E-state index in [0.29, 0.717) is 23.6 Å². The lowest BCUT2D eigenvalue weighted by Crippen LogP contribution is -2.26. The van der Waals surface area contributed by atoms with Gasteiger partial charge in [-0.15, -0.1) is 11.3 Å². The number of aryl methyl sites for hydroxylation is 1.